The number of hydrogen-bond donors (Lipinski definition) is 1. The van der Waals surface area contributed by atoms with Crippen LogP contribution < -0.4 is 5.73 Å². The molecule has 0 amide bonds. The Morgan fingerprint density at radius 3 is 2.57 bits per heavy atom. The smallest absolute Gasteiger partial charge is 0.0346 e. The molecule has 1 heterocycles. The molecule has 0 radical (unpaired) electrons. The second-order valence-electron chi connectivity index (χ2n) is 4.20. The molecule has 2 N–H and O–H groups in total. The summed E-state index contributed by atoms with van der Waals surface area (Å²) in [6, 6.07) is 11.6. The second-order valence-corrected chi connectivity index (χ2v) is 4.20. The molecular formula is C12H18N2. The number of nitrogens with two attached hydrogens (primary N) is 1. The van der Waals surface area contributed by atoms with Gasteiger partial charge in [0.1, 0.15) is 0 Å². The van der Waals surface area contributed by atoms with Gasteiger partial charge >= 0.3 is 0 Å². The molecule has 14 heavy (non-hydrogen) atoms. The Morgan fingerprint density at radius 1 is 1.21 bits per heavy atom. The van der Waals surface area contributed by atoms with Gasteiger partial charge in [0.05, 0.1) is 0 Å². The Hall–Kier alpha value is -0.860. The predicted octanol–water partition coefficient (Wildman–Crippen LogP) is 1.78. The third kappa shape index (κ3) is 1.97. The molecule has 2 rings (SSSR count). The molecule has 76 valence electrons. The standard InChI is InChI=1S/C12H18N2/c1-14-9-11(13)7-8-12(14)10-5-3-2-4-6-10/h2-6,11-12H,7-9,13H2,1H3. The zero-order valence-electron chi connectivity index (χ0n) is 8.69. The third-order valence-corrected chi connectivity index (χ3v) is 3.05. The van der Waals surface area contributed by atoms with Gasteiger partial charge in [0, 0.05) is 18.6 Å². The lowest BCUT2D eigenvalue weighted by Crippen LogP contribution is -2.42. The van der Waals surface area contributed by atoms with Crippen LogP contribution in [0.5, 0.6) is 0 Å². The lowest BCUT2D eigenvalue weighted by molar-refractivity contribution is 0.170. The molecule has 2 atom stereocenters. The molecule has 1 aromatic carbocycles. The Labute approximate surface area is 85.7 Å². The quantitative estimate of drug-likeness (QED) is 0.731. The highest BCUT2D eigenvalue weighted by molar-refractivity contribution is 5.19. The molecule has 1 fully saturated rings. The molecule has 1 aliphatic heterocycles. The number of piperidine rings is 1. The highest BCUT2D eigenvalue weighted by Gasteiger charge is 2.24. The minimum Gasteiger partial charge on any atom is -0.327 e. The van der Waals surface area contributed by atoms with Gasteiger partial charge in [-0.05, 0) is 25.5 Å². The number of rotatable bonds is 1. The van der Waals surface area contributed by atoms with Gasteiger partial charge in [-0.2, -0.15) is 0 Å². The van der Waals surface area contributed by atoms with E-state index in [9.17, 15) is 0 Å². The highest BCUT2D eigenvalue weighted by Crippen LogP contribution is 2.28. The molecule has 1 saturated heterocycles. The molecule has 0 saturated carbocycles. The number of likely N-dealkylation sites (N-methyl/N-ethyl adjacent to an activating group) is 1. The summed E-state index contributed by atoms with van der Waals surface area (Å²) in [4.78, 5) is 2.36. The fourth-order valence-electron chi connectivity index (χ4n) is 2.28. The largest absolute Gasteiger partial charge is 0.327 e. The summed E-state index contributed by atoms with van der Waals surface area (Å²) in [6.07, 6.45) is 2.32. The summed E-state index contributed by atoms with van der Waals surface area (Å²) >= 11 is 0. The molecule has 0 spiro atoms. The first-order chi connectivity index (χ1) is 6.77. The first-order valence-electron chi connectivity index (χ1n) is 5.28. The first kappa shape index (κ1) is 9.69. The van der Waals surface area contributed by atoms with E-state index >= 15 is 0 Å². The fraction of sp³-hybridized carbons (Fsp3) is 0.500. The number of likely N-dealkylation sites (tertiary alicyclic amines) is 1. The van der Waals surface area contributed by atoms with Crippen molar-refractivity contribution >= 4 is 0 Å². The van der Waals surface area contributed by atoms with E-state index in [1.165, 1.54) is 12.0 Å². The van der Waals surface area contributed by atoms with Crippen LogP contribution >= 0.6 is 0 Å². The summed E-state index contributed by atoms with van der Waals surface area (Å²) in [5.41, 5.74) is 7.34. The Bertz CT molecular complexity index is 284. The van der Waals surface area contributed by atoms with Crippen LogP contribution in [0.4, 0.5) is 0 Å². The fourth-order valence-corrected chi connectivity index (χ4v) is 2.28. The molecule has 2 unspecified atom stereocenters. The van der Waals surface area contributed by atoms with E-state index in [0.717, 1.165) is 13.0 Å². The van der Waals surface area contributed by atoms with E-state index < -0.39 is 0 Å². The minimum atomic E-state index is 0.361. The topological polar surface area (TPSA) is 29.3 Å². The van der Waals surface area contributed by atoms with Gasteiger partial charge in [0.15, 0.2) is 0 Å². The summed E-state index contributed by atoms with van der Waals surface area (Å²) in [5, 5.41) is 0. The monoisotopic (exact) mass is 190 g/mol. The zero-order valence-corrected chi connectivity index (χ0v) is 8.69. The van der Waals surface area contributed by atoms with E-state index in [2.05, 4.69) is 42.3 Å². The maximum Gasteiger partial charge on any atom is 0.0346 e. The van der Waals surface area contributed by atoms with Crippen molar-refractivity contribution in [2.45, 2.75) is 24.9 Å². The van der Waals surface area contributed by atoms with Gasteiger partial charge in [-0.1, -0.05) is 30.3 Å². The van der Waals surface area contributed by atoms with E-state index in [-0.39, 0.29) is 0 Å². The van der Waals surface area contributed by atoms with E-state index in [0.29, 0.717) is 12.1 Å². The summed E-state index contributed by atoms with van der Waals surface area (Å²) in [5.74, 6) is 0. The van der Waals surface area contributed by atoms with Crippen LogP contribution in [0.2, 0.25) is 0 Å². The average molecular weight is 190 g/mol. The molecule has 0 bridgehead atoms. The van der Waals surface area contributed by atoms with Gasteiger partial charge in [0.2, 0.25) is 0 Å². The van der Waals surface area contributed by atoms with Crippen LogP contribution in [0.1, 0.15) is 24.4 Å². The van der Waals surface area contributed by atoms with Crippen LogP contribution in [-0.2, 0) is 0 Å². The van der Waals surface area contributed by atoms with Crippen LogP contribution in [0.25, 0.3) is 0 Å². The number of nitrogens with zero attached hydrogens (tertiary/aromatic N) is 1. The lowest BCUT2D eigenvalue weighted by atomic mass is 9.94. The molecule has 2 nitrogen and oxygen atoms in total. The van der Waals surface area contributed by atoms with Crippen LogP contribution in [0.15, 0.2) is 30.3 Å². The van der Waals surface area contributed by atoms with Crippen LogP contribution in [0, 0.1) is 0 Å². The minimum absolute atomic E-state index is 0.361. The summed E-state index contributed by atoms with van der Waals surface area (Å²) in [7, 11) is 2.16. The SMILES string of the molecule is CN1CC(N)CCC1c1ccccc1. The van der Waals surface area contributed by atoms with Crippen molar-refractivity contribution < 1.29 is 0 Å². The van der Waals surface area contributed by atoms with Crippen molar-refractivity contribution in [3.8, 4) is 0 Å². The van der Waals surface area contributed by atoms with E-state index in [4.69, 9.17) is 5.73 Å². The van der Waals surface area contributed by atoms with Gasteiger partial charge in [-0.3, -0.25) is 4.90 Å². The molecule has 2 heteroatoms. The van der Waals surface area contributed by atoms with Gasteiger partial charge in [-0.15, -0.1) is 0 Å². The maximum absolute atomic E-state index is 5.92. The molecule has 1 aliphatic rings. The van der Waals surface area contributed by atoms with Crippen molar-refractivity contribution in [2.24, 2.45) is 5.73 Å². The summed E-state index contributed by atoms with van der Waals surface area (Å²) in [6.45, 7) is 1.01. The predicted molar refractivity (Wildman–Crippen MR) is 59.0 cm³/mol. The molecule has 0 aliphatic carbocycles. The van der Waals surface area contributed by atoms with Gasteiger partial charge in [-0.25, -0.2) is 0 Å². The Morgan fingerprint density at radius 2 is 1.93 bits per heavy atom. The van der Waals surface area contributed by atoms with Gasteiger partial charge in [0.25, 0.3) is 0 Å². The van der Waals surface area contributed by atoms with E-state index in [1.807, 2.05) is 0 Å². The van der Waals surface area contributed by atoms with Crippen LogP contribution in [-0.4, -0.2) is 24.5 Å². The Kier molecular flexibility index (Phi) is 2.85. The highest BCUT2D eigenvalue weighted by atomic mass is 15.1. The van der Waals surface area contributed by atoms with Crippen molar-refractivity contribution in [2.75, 3.05) is 13.6 Å². The second kappa shape index (κ2) is 4.11. The molecular weight excluding hydrogens is 172 g/mol. The van der Waals surface area contributed by atoms with Crippen molar-refractivity contribution in [3.05, 3.63) is 35.9 Å². The average Bonchev–Trinajstić information content (AvgIpc) is 2.19. The molecule has 0 aromatic heterocycles. The lowest BCUT2D eigenvalue weighted by Gasteiger charge is -2.36. The molecule has 1 aromatic rings. The zero-order chi connectivity index (χ0) is 9.97. The number of hydrogen-bond acceptors (Lipinski definition) is 2. The van der Waals surface area contributed by atoms with E-state index in [1.54, 1.807) is 0 Å². The van der Waals surface area contributed by atoms with Crippen molar-refractivity contribution in [1.29, 1.82) is 0 Å². The van der Waals surface area contributed by atoms with Crippen LogP contribution in [0.3, 0.4) is 0 Å². The summed E-state index contributed by atoms with van der Waals surface area (Å²) < 4.78 is 0. The van der Waals surface area contributed by atoms with Crippen molar-refractivity contribution in [3.63, 3.8) is 0 Å². The normalized spacial score (nSPS) is 29.0. The Balaban J connectivity index is 2.12. The third-order valence-electron chi connectivity index (χ3n) is 3.05. The first-order valence-corrected chi connectivity index (χ1v) is 5.28. The van der Waals surface area contributed by atoms with Gasteiger partial charge < -0.3 is 5.73 Å². The maximum atomic E-state index is 5.92. The van der Waals surface area contributed by atoms with Crippen molar-refractivity contribution in [1.82, 2.24) is 4.90 Å². The number of benzene rings is 1.